The molecule has 4 N–H and O–H groups in total. The molecule has 0 amide bonds. The summed E-state index contributed by atoms with van der Waals surface area (Å²) in [5.41, 5.74) is 2.48. The fourth-order valence-electron chi connectivity index (χ4n) is 2.25. The number of aliphatic carboxylic acids is 1. The number of hydrogen-bond acceptors (Lipinski definition) is 7. The Labute approximate surface area is 156 Å². The fraction of sp³-hybridized carbons (Fsp3) is 0.263. The zero-order valence-corrected chi connectivity index (χ0v) is 14.7. The third-order valence-electron chi connectivity index (χ3n) is 3.62. The molecule has 0 heterocycles. The van der Waals surface area contributed by atoms with Crippen molar-refractivity contribution in [1.29, 1.82) is 0 Å². The lowest BCUT2D eigenvalue weighted by atomic mass is 10.2. The highest BCUT2D eigenvalue weighted by Gasteiger charge is 2.36. The fourth-order valence-corrected chi connectivity index (χ4v) is 2.25. The minimum atomic E-state index is -1.74. The van der Waals surface area contributed by atoms with Gasteiger partial charge in [0.1, 0.15) is 13.2 Å². The monoisotopic (exact) mass is 374 g/mol. The van der Waals surface area contributed by atoms with Gasteiger partial charge in [0, 0.05) is 0 Å². The molecule has 27 heavy (non-hydrogen) atoms. The van der Waals surface area contributed by atoms with Crippen LogP contribution in [-0.4, -0.2) is 36.0 Å². The average molecular weight is 374 g/mol. The molecule has 0 aliphatic carbocycles. The van der Waals surface area contributed by atoms with Gasteiger partial charge in [-0.3, -0.25) is 5.84 Å². The van der Waals surface area contributed by atoms with Gasteiger partial charge >= 0.3 is 11.9 Å². The van der Waals surface area contributed by atoms with E-state index in [1.807, 2.05) is 60.7 Å². The number of ether oxygens (including phenoxy) is 3. The van der Waals surface area contributed by atoms with E-state index >= 15 is 0 Å². The van der Waals surface area contributed by atoms with E-state index < -0.39 is 17.7 Å². The molecule has 8 nitrogen and oxygen atoms in total. The second kappa shape index (κ2) is 10.4. The van der Waals surface area contributed by atoms with E-state index in [2.05, 4.69) is 5.43 Å². The van der Waals surface area contributed by atoms with Crippen LogP contribution in [0, 0.1) is 0 Å². The summed E-state index contributed by atoms with van der Waals surface area (Å²) < 4.78 is 16.1. The molecule has 0 atom stereocenters. The van der Waals surface area contributed by atoms with Gasteiger partial charge in [-0.1, -0.05) is 60.7 Å². The van der Waals surface area contributed by atoms with Crippen LogP contribution in [0.25, 0.3) is 0 Å². The van der Waals surface area contributed by atoms with Crippen molar-refractivity contribution in [2.45, 2.75) is 18.9 Å². The number of nitrogens with two attached hydrogens (primary N) is 1. The van der Waals surface area contributed by atoms with E-state index in [9.17, 15) is 9.59 Å². The van der Waals surface area contributed by atoms with Gasteiger partial charge in [0.25, 0.3) is 0 Å². The molecule has 0 saturated carbocycles. The number of esters is 1. The summed E-state index contributed by atoms with van der Waals surface area (Å²) in [7, 11) is 0. The van der Waals surface area contributed by atoms with Gasteiger partial charge in [0.05, 0.1) is 13.2 Å². The Hall–Kier alpha value is -2.78. The number of rotatable bonds is 10. The van der Waals surface area contributed by atoms with Gasteiger partial charge < -0.3 is 19.3 Å². The number of benzene rings is 2. The second-order valence-electron chi connectivity index (χ2n) is 5.79. The van der Waals surface area contributed by atoms with E-state index in [1.165, 1.54) is 0 Å². The van der Waals surface area contributed by atoms with Crippen molar-refractivity contribution in [2.75, 3.05) is 13.2 Å². The highest BCUT2D eigenvalue weighted by molar-refractivity contribution is 6.28. The first kappa shape index (κ1) is 20.5. The van der Waals surface area contributed by atoms with Crippen LogP contribution in [0.3, 0.4) is 0 Å². The molecule has 2 aromatic rings. The number of carboxylic acids is 1. The predicted molar refractivity (Wildman–Crippen MR) is 96.0 cm³/mol. The minimum absolute atomic E-state index is 0.202. The molecule has 0 spiro atoms. The average Bonchev–Trinajstić information content (AvgIpc) is 2.69. The lowest BCUT2D eigenvalue weighted by molar-refractivity contribution is -0.193. The van der Waals surface area contributed by atoms with Crippen LogP contribution in [0.2, 0.25) is 0 Å². The molecule has 144 valence electrons. The molecular weight excluding hydrogens is 352 g/mol. The Kier molecular flexibility index (Phi) is 7.90. The molecule has 0 aromatic heterocycles. The van der Waals surface area contributed by atoms with Crippen molar-refractivity contribution in [2.24, 2.45) is 5.84 Å². The molecule has 8 heteroatoms. The van der Waals surface area contributed by atoms with E-state index in [1.54, 1.807) is 0 Å². The smallest absolute Gasteiger partial charge is 0.419 e. The summed E-state index contributed by atoms with van der Waals surface area (Å²) in [4.78, 5) is 22.4. The zero-order valence-electron chi connectivity index (χ0n) is 14.7. The zero-order chi connectivity index (χ0) is 19.5. The minimum Gasteiger partial charge on any atom is -0.473 e. The quantitative estimate of drug-likeness (QED) is 0.187. The van der Waals surface area contributed by atoms with Crippen LogP contribution >= 0.6 is 0 Å². The highest BCUT2D eigenvalue weighted by Crippen LogP contribution is 2.13. The lowest BCUT2D eigenvalue weighted by Crippen LogP contribution is -2.59. The molecule has 2 aromatic carbocycles. The summed E-state index contributed by atoms with van der Waals surface area (Å²) in [5, 5.41) is 8.82. The Morgan fingerprint density at radius 2 is 1.33 bits per heavy atom. The number of hydrazine groups is 1. The molecule has 0 saturated heterocycles. The van der Waals surface area contributed by atoms with Crippen molar-refractivity contribution in [3.63, 3.8) is 0 Å². The summed E-state index contributed by atoms with van der Waals surface area (Å²) in [5.74, 6) is 2.34. The maximum atomic E-state index is 11.6. The topological polar surface area (TPSA) is 120 Å². The Balaban J connectivity index is 1.99. The second-order valence-corrected chi connectivity index (χ2v) is 5.79. The van der Waals surface area contributed by atoms with Crippen LogP contribution in [0.15, 0.2) is 60.7 Å². The first-order valence-electron chi connectivity index (χ1n) is 8.22. The van der Waals surface area contributed by atoms with Gasteiger partial charge in [0.15, 0.2) is 0 Å². The highest BCUT2D eigenvalue weighted by atomic mass is 16.6. The summed E-state index contributed by atoms with van der Waals surface area (Å²) in [6.07, 6.45) is 0. The first-order valence-corrected chi connectivity index (χ1v) is 8.22. The molecule has 0 unspecified atom stereocenters. The van der Waals surface area contributed by atoms with Crippen molar-refractivity contribution >= 4 is 11.9 Å². The molecule has 0 bridgehead atoms. The molecule has 0 fully saturated rings. The maximum absolute atomic E-state index is 11.6. The maximum Gasteiger partial charge on any atom is 0.419 e. The number of carbonyl (C=O) groups is 2. The number of hydrogen-bond donors (Lipinski definition) is 3. The van der Waals surface area contributed by atoms with Gasteiger partial charge in [0.2, 0.25) is 5.72 Å². The SMILES string of the molecule is NNC(COCc1ccccc1)(COCc1ccccc1)OC(=O)C(=O)O. The van der Waals surface area contributed by atoms with Crippen LogP contribution in [0.1, 0.15) is 11.1 Å². The molecule has 0 aliphatic rings. The summed E-state index contributed by atoms with van der Waals surface area (Å²) in [6.45, 7) is 0.0551. The number of carbonyl (C=O) groups excluding carboxylic acids is 1. The molecular formula is C19H22N2O6. The van der Waals surface area contributed by atoms with Gasteiger partial charge in [-0.05, 0) is 11.1 Å². The number of carboxylic acid groups (broad SMARTS) is 1. The predicted octanol–water partition coefficient (Wildman–Crippen LogP) is 1.21. The molecule has 0 aliphatic heterocycles. The Morgan fingerprint density at radius 3 is 1.70 bits per heavy atom. The van der Waals surface area contributed by atoms with Crippen molar-refractivity contribution in [1.82, 2.24) is 5.43 Å². The van der Waals surface area contributed by atoms with Crippen molar-refractivity contribution in [3.05, 3.63) is 71.8 Å². The van der Waals surface area contributed by atoms with Crippen molar-refractivity contribution < 1.29 is 28.9 Å². The summed E-state index contributed by atoms with van der Waals surface area (Å²) in [6, 6.07) is 18.7. The van der Waals surface area contributed by atoms with E-state index in [4.69, 9.17) is 25.2 Å². The third kappa shape index (κ3) is 6.80. The lowest BCUT2D eigenvalue weighted by Gasteiger charge is -2.31. The standard InChI is InChI=1S/C19H22N2O6/c20-21-19(27-18(24)17(22)23,13-25-11-15-7-3-1-4-8-15)14-26-12-16-9-5-2-6-10-16/h1-10,21H,11-14,20H2,(H,22,23). The molecule has 2 rings (SSSR count). The van der Waals surface area contributed by atoms with Crippen LogP contribution in [0.4, 0.5) is 0 Å². The van der Waals surface area contributed by atoms with Gasteiger partial charge in [-0.2, -0.15) is 0 Å². The largest absolute Gasteiger partial charge is 0.473 e. The van der Waals surface area contributed by atoms with E-state index in [0.717, 1.165) is 11.1 Å². The van der Waals surface area contributed by atoms with Gasteiger partial charge in [-0.25, -0.2) is 15.0 Å². The first-order chi connectivity index (χ1) is 13.0. The number of nitrogens with one attached hydrogen (secondary N) is 1. The Bertz CT molecular complexity index is 678. The molecule has 0 radical (unpaired) electrons. The van der Waals surface area contributed by atoms with E-state index in [0.29, 0.717) is 0 Å². The third-order valence-corrected chi connectivity index (χ3v) is 3.62. The van der Waals surface area contributed by atoms with Crippen LogP contribution in [0.5, 0.6) is 0 Å². The van der Waals surface area contributed by atoms with Crippen molar-refractivity contribution in [3.8, 4) is 0 Å². The van der Waals surface area contributed by atoms with E-state index in [-0.39, 0.29) is 26.4 Å². The summed E-state index contributed by atoms with van der Waals surface area (Å²) >= 11 is 0. The normalized spacial score (nSPS) is 11.1. The Morgan fingerprint density at radius 1 is 0.889 bits per heavy atom. The van der Waals surface area contributed by atoms with Gasteiger partial charge in [-0.15, -0.1) is 0 Å². The van der Waals surface area contributed by atoms with Crippen LogP contribution < -0.4 is 11.3 Å². The van der Waals surface area contributed by atoms with Crippen LogP contribution in [-0.2, 0) is 37.0 Å².